The predicted molar refractivity (Wildman–Crippen MR) is 188 cm³/mol. The normalized spacial score (nSPS) is 17.7. The van der Waals surface area contributed by atoms with Crippen molar-refractivity contribution in [1.82, 2.24) is 20.9 Å². The van der Waals surface area contributed by atoms with Crippen molar-refractivity contribution in [2.75, 3.05) is 26.8 Å². The standard InChI is InChI=1S/C39H41FN4O7/c1-26(25-50-34-19-11-17-30(40)36(34)51-28-14-7-4-8-15-28)41-38(47)31-20-21-35(45)42-32(24-27-12-5-3-6-13-27)39(48)44(2)22-23-49-33-18-10-9-16-29(33)37(46)43-31/h3-19,26,31-32H,20-25H2,1-2H3,(H,41,47)(H,42,45)(H,43,46)/t26-,31+,32+/m1/s1. The van der Waals surface area contributed by atoms with Crippen LogP contribution in [0.1, 0.15) is 35.7 Å². The third-order valence-electron chi connectivity index (χ3n) is 8.16. The molecule has 266 valence electrons. The number of likely N-dealkylation sites (N-methyl/N-ethyl adjacent to an activating group) is 1. The molecule has 0 unspecified atom stereocenters. The Morgan fingerprint density at radius 2 is 1.65 bits per heavy atom. The molecule has 3 atom stereocenters. The Morgan fingerprint density at radius 3 is 2.41 bits per heavy atom. The van der Waals surface area contributed by atoms with Gasteiger partial charge in [-0.2, -0.15) is 0 Å². The molecule has 0 aromatic heterocycles. The first-order valence-corrected chi connectivity index (χ1v) is 16.7. The number of para-hydroxylation sites is 3. The van der Waals surface area contributed by atoms with Crippen molar-refractivity contribution in [3.05, 3.63) is 120 Å². The van der Waals surface area contributed by atoms with Crippen LogP contribution in [0.2, 0.25) is 0 Å². The summed E-state index contributed by atoms with van der Waals surface area (Å²) in [5.74, 6) is -1.76. The summed E-state index contributed by atoms with van der Waals surface area (Å²) < 4.78 is 32.3. The Kier molecular flexibility index (Phi) is 12.6. The number of benzene rings is 4. The Balaban J connectivity index is 1.30. The van der Waals surface area contributed by atoms with Gasteiger partial charge in [-0.25, -0.2) is 4.39 Å². The van der Waals surface area contributed by atoms with E-state index < -0.39 is 41.7 Å². The molecular formula is C39H41FN4O7. The van der Waals surface area contributed by atoms with Gasteiger partial charge >= 0.3 is 0 Å². The maximum absolute atomic E-state index is 14.7. The molecule has 0 saturated heterocycles. The first kappa shape index (κ1) is 36.4. The fourth-order valence-electron chi connectivity index (χ4n) is 5.45. The van der Waals surface area contributed by atoms with Crippen molar-refractivity contribution < 1.29 is 37.8 Å². The Labute approximate surface area is 296 Å². The van der Waals surface area contributed by atoms with Gasteiger partial charge in [0.25, 0.3) is 5.91 Å². The summed E-state index contributed by atoms with van der Waals surface area (Å²) in [7, 11) is 1.63. The molecule has 4 amide bonds. The van der Waals surface area contributed by atoms with Crippen LogP contribution in [0, 0.1) is 5.82 Å². The average Bonchev–Trinajstić information content (AvgIpc) is 3.13. The van der Waals surface area contributed by atoms with Crippen molar-refractivity contribution in [1.29, 1.82) is 0 Å². The summed E-state index contributed by atoms with van der Waals surface area (Å²) in [4.78, 5) is 55.4. The average molecular weight is 697 g/mol. The number of fused-ring (bicyclic) bond motifs is 1. The molecular weight excluding hydrogens is 655 g/mol. The second-order valence-corrected chi connectivity index (χ2v) is 12.2. The van der Waals surface area contributed by atoms with E-state index in [0.29, 0.717) is 5.75 Å². The molecule has 0 fully saturated rings. The summed E-state index contributed by atoms with van der Waals surface area (Å²) in [5, 5.41) is 8.41. The fourth-order valence-corrected chi connectivity index (χ4v) is 5.45. The van der Waals surface area contributed by atoms with E-state index in [2.05, 4.69) is 16.0 Å². The van der Waals surface area contributed by atoms with Gasteiger partial charge in [-0.05, 0) is 55.3 Å². The zero-order chi connectivity index (χ0) is 36.2. The third kappa shape index (κ3) is 10.3. The highest BCUT2D eigenvalue weighted by atomic mass is 19.1. The number of carbonyl (C=O) groups is 4. The van der Waals surface area contributed by atoms with Crippen LogP contribution >= 0.6 is 0 Å². The molecule has 4 aromatic carbocycles. The summed E-state index contributed by atoms with van der Waals surface area (Å²) in [5.41, 5.74) is 1.06. The maximum atomic E-state index is 14.7. The van der Waals surface area contributed by atoms with Gasteiger partial charge in [0, 0.05) is 19.9 Å². The van der Waals surface area contributed by atoms with Crippen LogP contribution in [0.4, 0.5) is 4.39 Å². The van der Waals surface area contributed by atoms with Crippen molar-refractivity contribution >= 4 is 23.6 Å². The third-order valence-corrected chi connectivity index (χ3v) is 8.16. The molecule has 4 aromatic rings. The predicted octanol–water partition coefficient (Wildman–Crippen LogP) is 4.66. The van der Waals surface area contributed by atoms with Gasteiger partial charge in [-0.3, -0.25) is 19.2 Å². The lowest BCUT2D eigenvalue weighted by molar-refractivity contribution is -0.135. The molecule has 5 rings (SSSR count). The van der Waals surface area contributed by atoms with Crippen LogP contribution in [0.5, 0.6) is 23.0 Å². The summed E-state index contributed by atoms with van der Waals surface area (Å²) >= 11 is 0. The molecule has 1 heterocycles. The first-order valence-electron chi connectivity index (χ1n) is 16.7. The van der Waals surface area contributed by atoms with Gasteiger partial charge in [-0.15, -0.1) is 0 Å². The Hall–Kier alpha value is -5.91. The Bertz CT molecular complexity index is 1810. The lowest BCUT2D eigenvalue weighted by atomic mass is 10.0. The topological polar surface area (TPSA) is 135 Å². The Morgan fingerprint density at radius 1 is 0.941 bits per heavy atom. The second-order valence-electron chi connectivity index (χ2n) is 12.2. The zero-order valence-electron chi connectivity index (χ0n) is 28.5. The SMILES string of the molecule is C[C@H](COc1cccc(F)c1Oc1ccccc1)NC(=O)[C@@H]1CCC(=O)N[C@@H](Cc2ccccc2)C(=O)N(C)CCOc2ccccc2C(=O)N1. The zero-order valence-corrected chi connectivity index (χ0v) is 28.5. The monoisotopic (exact) mass is 696 g/mol. The molecule has 1 aliphatic heterocycles. The van der Waals surface area contributed by atoms with Crippen molar-refractivity contribution in [2.45, 2.75) is 44.3 Å². The number of carbonyl (C=O) groups excluding carboxylic acids is 4. The fraction of sp³-hybridized carbons (Fsp3) is 0.282. The number of amides is 4. The summed E-state index contributed by atoms with van der Waals surface area (Å²) in [6.07, 6.45) is 0.0369. The molecule has 0 saturated carbocycles. The molecule has 0 radical (unpaired) electrons. The number of ether oxygens (including phenoxy) is 3. The minimum Gasteiger partial charge on any atom is -0.491 e. The quantitative estimate of drug-likeness (QED) is 0.232. The van der Waals surface area contributed by atoms with E-state index in [1.165, 1.54) is 17.0 Å². The largest absolute Gasteiger partial charge is 0.491 e. The van der Waals surface area contributed by atoms with Gasteiger partial charge in [-0.1, -0.05) is 66.7 Å². The maximum Gasteiger partial charge on any atom is 0.255 e. The highest BCUT2D eigenvalue weighted by Gasteiger charge is 2.29. The van der Waals surface area contributed by atoms with Crippen molar-refractivity contribution in [3.8, 4) is 23.0 Å². The van der Waals surface area contributed by atoms with E-state index in [0.717, 1.165) is 5.56 Å². The molecule has 0 aliphatic carbocycles. The molecule has 12 heteroatoms. The van der Waals surface area contributed by atoms with Crippen LogP contribution in [0.15, 0.2) is 103 Å². The van der Waals surface area contributed by atoms with Gasteiger partial charge in [0.2, 0.25) is 23.5 Å². The molecule has 11 nitrogen and oxygen atoms in total. The minimum absolute atomic E-state index is 0.0606. The van der Waals surface area contributed by atoms with E-state index in [4.69, 9.17) is 14.2 Å². The van der Waals surface area contributed by atoms with Crippen LogP contribution in [0.25, 0.3) is 0 Å². The second kappa shape index (κ2) is 17.7. The molecule has 1 aliphatic rings. The van der Waals surface area contributed by atoms with E-state index in [1.54, 1.807) is 68.6 Å². The molecule has 0 bridgehead atoms. The molecule has 51 heavy (non-hydrogen) atoms. The van der Waals surface area contributed by atoms with Gasteiger partial charge in [0.05, 0.1) is 18.2 Å². The van der Waals surface area contributed by atoms with Gasteiger partial charge < -0.3 is 35.1 Å². The van der Waals surface area contributed by atoms with Crippen LogP contribution in [-0.2, 0) is 20.8 Å². The lowest BCUT2D eigenvalue weighted by Crippen LogP contribution is -2.51. The smallest absolute Gasteiger partial charge is 0.255 e. The number of halogens is 1. The number of nitrogens with zero attached hydrogens (tertiary/aromatic N) is 1. The van der Waals surface area contributed by atoms with Crippen LogP contribution in [0.3, 0.4) is 0 Å². The lowest BCUT2D eigenvalue weighted by Gasteiger charge is -2.25. The van der Waals surface area contributed by atoms with Gasteiger partial charge in [0.15, 0.2) is 11.6 Å². The van der Waals surface area contributed by atoms with E-state index in [-0.39, 0.29) is 67.7 Å². The van der Waals surface area contributed by atoms with E-state index in [1.807, 2.05) is 36.4 Å². The number of hydrogen-bond acceptors (Lipinski definition) is 7. The number of nitrogens with one attached hydrogen (secondary N) is 3. The molecule has 0 spiro atoms. The van der Waals surface area contributed by atoms with Crippen LogP contribution < -0.4 is 30.2 Å². The summed E-state index contributed by atoms with van der Waals surface area (Å²) in [6.45, 7) is 1.92. The number of hydrogen-bond donors (Lipinski definition) is 3. The molecule has 3 N–H and O–H groups in total. The van der Waals surface area contributed by atoms with E-state index >= 15 is 0 Å². The summed E-state index contributed by atoms with van der Waals surface area (Å²) in [6, 6.07) is 26.3. The highest BCUT2D eigenvalue weighted by Crippen LogP contribution is 2.34. The number of rotatable bonds is 9. The van der Waals surface area contributed by atoms with Gasteiger partial charge in [0.1, 0.15) is 36.8 Å². The highest BCUT2D eigenvalue weighted by molar-refractivity contribution is 6.00. The first-order chi connectivity index (χ1) is 24.7. The van der Waals surface area contributed by atoms with Crippen LogP contribution in [-0.4, -0.2) is 73.5 Å². The van der Waals surface area contributed by atoms with Crippen molar-refractivity contribution in [2.24, 2.45) is 0 Å². The minimum atomic E-state index is -1.14. The van der Waals surface area contributed by atoms with E-state index in [9.17, 15) is 23.6 Å². The van der Waals surface area contributed by atoms with Crippen molar-refractivity contribution in [3.63, 3.8) is 0 Å².